The third-order valence-electron chi connectivity index (χ3n) is 4.88. The first-order valence-electron chi connectivity index (χ1n) is 9.23. The van der Waals surface area contributed by atoms with Crippen molar-refractivity contribution in [2.75, 3.05) is 19.4 Å². The first-order valence-corrected chi connectivity index (χ1v) is 10.2. The van der Waals surface area contributed by atoms with Crippen molar-refractivity contribution in [1.82, 2.24) is 19.7 Å². The van der Waals surface area contributed by atoms with Crippen molar-refractivity contribution in [1.29, 1.82) is 0 Å². The van der Waals surface area contributed by atoms with Crippen molar-refractivity contribution in [2.45, 2.75) is 31.6 Å². The highest BCUT2D eigenvalue weighted by Gasteiger charge is 2.22. The fourth-order valence-electron chi connectivity index (χ4n) is 3.36. The Kier molecular flexibility index (Phi) is 5.38. The highest BCUT2D eigenvalue weighted by Crippen LogP contribution is 2.27. The lowest BCUT2D eigenvalue weighted by Crippen LogP contribution is -2.37. The maximum absolute atomic E-state index is 12.8. The molecule has 4 rings (SSSR count). The molecule has 8 heteroatoms. The van der Waals surface area contributed by atoms with E-state index in [1.165, 1.54) is 17.3 Å². The molecule has 0 saturated heterocycles. The number of furan rings is 1. The molecule has 28 heavy (non-hydrogen) atoms. The largest absolute Gasteiger partial charge is 0.497 e. The molecule has 3 heterocycles. The summed E-state index contributed by atoms with van der Waals surface area (Å²) in [6.45, 7) is 4.08. The van der Waals surface area contributed by atoms with Crippen LogP contribution < -0.4 is 4.74 Å². The van der Waals surface area contributed by atoms with Crippen molar-refractivity contribution < 1.29 is 13.9 Å². The number of hydrogen-bond acceptors (Lipinski definition) is 6. The van der Waals surface area contributed by atoms with E-state index in [1.54, 1.807) is 13.4 Å². The number of aromatic nitrogens is 3. The van der Waals surface area contributed by atoms with E-state index < -0.39 is 0 Å². The van der Waals surface area contributed by atoms with Crippen molar-refractivity contribution in [3.63, 3.8) is 0 Å². The summed E-state index contributed by atoms with van der Waals surface area (Å²) in [6.07, 6.45) is 2.48. The lowest BCUT2D eigenvalue weighted by Gasteiger charge is -2.29. The van der Waals surface area contributed by atoms with Crippen LogP contribution in [0.4, 0.5) is 0 Å². The zero-order valence-corrected chi connectivity index (χ0v) is 16.7. The first-order chi connectivity index (χ1) is 13.7. The summed E-state index contributed by atoms with van der Waals surface area (Å²) in [4.78, 5) is 14.7. The maximum atomic E-state index is 12.8. The van der Waals surface area contributed by atoms with Crippen LogP contribution in [0.3, 0.4) is 0 Å². The Hall–Kier alpha value is -2.74. The minimum absolute atomic E-state index is 0.101. The molecule has 1 aliphatic heterocycles. The SMILES string of the molecule is CCn1c(SCC(=O)N2CCc3ccc(OC)cc3C2)nnc1-c1ccco1. The lowest BCUT2D eigenvalue weighted by atomic mass is 9.99. The van der Waals surface area contributed by atoms with E-state index in [-0.39, 0.29) is 5.91 Å². The third-order valence-corrected chi connectivity index (χ3v) is 5.83. The molecule has 0 aliphatic carbocycles. The van der Waals surface area contributed by atoms with Crippen LogP contribution in [0.25, 0.3) is 11.6 Å². The van der Waals surface area contributed by atoms with Gasteiger partial charge in [0.05, 0.1) is 19.1 Å². The van der Waals surface area contributed by atoms with E-state index >= 15 is 0 Å². The number of carbonyl (C=O) groups excluding carboxylic acids is 1. The van der Waals surface area contributed by atoms with Crippen LogP contribution in [0.5, 0.6) is 5.75 Å². The molecular formula is C20H22N4O3S. The summed E-state index contributed by atoms with van der Waals surface area (Å²) in [5, 5.41) is 9.20. The van der Waals surface area contributed by atoms with Crippen LogP contribution in [-0.4, -0.2) is 45.0 Å². The lowest BCUT2D eigenvalue weighted by molar-refractivity contribution is -0.129. The van der Waals surface area contributed by atoms with E-state index in [0.29, 0.717) is 30.4 Å². The molecule has 146 valence electrons. The minimum atomic E-state index is 0.101. The Labute approximate surface area is 167 Å². The number of fused-ring (bicyclic) bond motifs is 1. The molecule has 0 atom stereocenters. The molecule has 0 radical (unpaired) electrons. The van der Waals surface area contributed by atoms with Gasteiger partial charge in [-0.05, 0) is 48.7 Å². The topological polar surface area (TPSA) is 73.4 Å². The van der Waals surface area contributed by atoms with Crippen molar-refractivity contribution in [2.24, 2.45) is 0 Å². The van der Waals surface area contributed by atoms with Crippen molar-refractivity contribution >= 4 is 17.7 Å². The quantitative estimate of drug-likeness (QED) is 0.594. The number of rotatable bonds is 6. The molecule has 1 amide bonds. The van der Waals surface area contributed by atoms with Crippen molar-refractivity contribution in [3.8, 4) is 17.3 Å². The summed E-state index contributed by atoms with van der Waals surface area (Å²) in [6, 6.07) is 9.76. The van der Waals surface area contributed by atoms with E-state index in [4.69, 9.17) is 9.15 Å². The Morgan fingerprint density at radius 3 is 2.93 bits per heavy atom. The van der Waals surface area contributed by atoms with Crippen LogP contribution in [0.1, 0.15) is 18.1 Å². The van der Waals surface area contributed by atoms with E-state index in [1.807, 2.05) is 40.7 Å². The van der Waals surface area contributed by atoms with Crippen LogP contribution in [0, 0.1) is 0 Å². The Balaban J connectivity index is 1.42. The molecule has 0 spiro atoms. The molecule has 0 bridgehead atoms. The maximum Gasteiger partial charge on any atom is 0.233 e. The van der Waals surface area contributed by atoms with E-state index in [9.17, 15) is 4.79 Å². The predicted molar refractivity (Wildman–Crippen MR) is 106 cm³/mol. The zero-order chi connectivity index (χ0) is 19.5. The van der Waals surface area contributed by atoms with Crippen molar-refractivity contribution in [3.05, 3.63) is 47.7 Å². The van der Waals surface area contributed by atoms with Gasteiger partial charge >= 0.3 is 0 Å². The second-order valence-electron chi connectivity index (χ2n) is 6.52. The molecule has 2 aromatic heterocycles. The molecule has 1 aliphatic rings. The second kappa shape index (κ2) is 8.10. The first kappa shape index (κ1) is 18.6. The highest BCUT2D eigenvalue weighted by molar-refractivity contribution is 7.99. The number of ether oxygens (including phenoxy) is 1. The van der Waals surface area contributed by atoms with E-state index in [2.05, 4.69) is 16.3 Å². The average Bonchev–Trinajstić information content (AvgIpc) is 3.40. The van der Waals surface area contributed by atoms with Gasteiger partial charge in [-0.15, -0.1) is 10.2 Å². The molecule has 0 saturated carbocycles. The van der Waals surface area contributed by atoms with Crippen LogP contribution in [0.15, 0.2) is 46.2 Å². The number of thioether (sulfide) groups is 1. The van der Waals surface area contributed by atoms with Crippen LogP contribution >= 0.6 is 11.8 Å². The number of hydrogen-bond donors (Lipinski definition) is 0. The highest BCUT2D eigenvalue weighted by atomic mass is 32.2. The summed E-state index contributed by atoms with van der Waals surface area (Å²) in [5.41, 5.74) is 2.44. The normalized spacial score (nSPS) is 13.4. The van der Waals surface area contributed by atoms with Crippen LogP contribution in [-0.2, 0) is 24.3 Å². The third kappa shape index (κ3) is 3.64. The summed E-state index contributed by atoms with van der Waals surface area (Å²) >= 11 is 1.41. The van der Waals surface area contributed by atoms with E-state index in [0.717, 1.165) is 29.4 Å². The smallest absolute Gasteiger partial charge is 0.233 e. The van der Waals surface area contributed by atoms with Gasteiger partial charge in [0.15, 0.2) is 16.7 Å². The molecular weight excluding hydrogens is 376 g/mol. The van der Waals surface area contributed by atoms with Gasteiger partial charge < -0.3 is 14.1 Å². The zero-order valence-electron chi connectivity index (χ0n) is 15.9. The van der Waals surface area contributed by atoms with Gasteiger partial charge in [0, 0.05) is 19.6 Å². The van der Waals surface area contributed by atoms with Gasteiger partial charge in [0.2, 0.25) is 5.91 Å². The molecule has 0 fully saturated rings. The number of amides is 1. The molecule has 1 aromatic carbocycles. The van der Waals surface area contributed by atoms with Gasteiger partial charge in [-0.2, -0.15) is 0 Å². The van der Waals surface area contributed by atoms with Gasteiger partial charge in [-0.25, -0.2) is 0 Å². The fourth-order valence-corrected chi connectivity index (χ4v) is 4.26. The Bertz CT molecular complexity index is 968. The van der Waals surface area contributed by atoms with Gasteiger partial charge in [-0.1, -0.05) is 17.8 Å². The molecule has 0 unspecified atom stereocenters. The summed E-state index contributed by atoms with van der Waals surface area (Å²) in [7, 11) is 1.66. The van der Waals surface area contributed by atoms with Crippen LogP contribution in [0.2, 0.25) is 0 Å². The summed E-state index contributed by atoms with van der Waals surface area (Å²) in [5.74, 6) is 2.61. The Morgan fingerprint density at radius 2 is 2.18 bits per heavy atom. The molecule has 3 aromatic rings. The predicted octanol–water partition coefficient (Wildman–Crippen LogP) is 3.24. The number of methoxy groups -OCH3 is 1. The minimum Gasteiger partial charge on any atom is -0.497 e. The van der Waals surface area contributed by atoms with Gasteiger partial charge in [-0.3, -0.25) is 9.36 Å². The van der Waals surface area contributed by atoms with Gasteiger partial charge in [0.25, 0.3) is 0 Å². The molecule has 0 N–H and O–H groups in total. The average molecular weight is 398 g/mol. The summed E-state index contributed by atoms with van der Waals surface area (Å²) < 4.78 is 12.7. The number of nitrogens with zero attached hydrogens (tertiary/aromatic N) is 4. The van der Waals surface area contributed by atoms with Gasteiger partial charge in [0.1, 0.15) is 5.75 Å². The number of carbonyl (C=O) groups is 1. The number of benzene rings is 1. The second-order valence-corrected chi connectivity index (χ2v) is 7.46. The molecule has 7 nitrogen and oxygen atoms in total. The Morgan fingerprint density at radius 1 is 1.29 bits per heavy atom. The monoisotopic (exact) mass is 398 g/mol. The standard InChI is InChI=1S/C20H22N4O3S/c1-3-24-19(17-5-4-10-27-17)21-22-20(24)28-13-18(25)23-9-8-14-6-7-16(26-2)11-15(14)12-23/h4-7,10-11H,3,8-9,12-13H2,1-2H3. The fraction of sp³-hybridized carbons (Fsp3) is 0.350.